The standard InChI is InChI=1S/C17H25N7O/c25-17(20-8-5-11-23-9-2-1-3-10-23)21-12-15-6-4-7-19-16(15)24-14-18-13-22-24/h4,6-7,13-14H,1-3,5,8-12H2,(H2,20,21,25). The van der Waals surface area contributed by atoms with E-state index in [4.69, 9.17) is 0 Å². The lowest BCUT2D eigenvalue weighted by Gasteiger charge is -2.26. The van der Waals surface area contributed by atoms with Crippen LogP contribution >= 0.6 is 0 Å². The third kappa shape index (κ3) is 5.25. The maximum Gasteiger partial charge on any atom is 0.315 e. The number of hydrogen-bond donors (Lipinski definition) is 2. The van der Waals surface area contributed by atoms with Gasteiger partial charge in [0.25, 0.3) is 0 Å². The van der Waals surface area contributed by atoms with Crippen LogP contribution in [0.5, 0.6) is 0 Å². The number of carbonyl (C=O) groups is 1. The number of amides is 2. The Labute approximate surface area is 147 Å². The van der Waals surface area contributed by atoms with Crippen molar-refractivity contribution in [2.75, 3.05) is 26.2 Å². The highest BCUT2D eigenvalue weighted by atomic mass is 16.2. The van der Waals surface area contributed by atoms with E-state index in [1.54, 1.807) is 17.2 Å². The summed E-state index contributed by atoms with van der Waals surface area (Å²) >= 11 is 0. The van der Waals surface area contributed by atoms with Crippen LogP contribution in [0.15, 0.2) is 31.0 Å². The summed E-state index contributed by atoms with van der Waals surface area (Å²) in [4.78, 5) is 22.7. The van der Waals surface area contributed by atoms with Crippen molar-refractivity contribution in [1.82, 2.24) is 35.3 Å². The molecule has 3 rings (SSSR count). The SMILES string of the molecule is O=C(NCCCN1CCCCC1)NCc1cccnc1-n1cncn1. The zero-order valence-corrected chi connectivity index (χ0v) is 14.4. The second-order valence-electron chi connectivity index (χ2n) is 6.19. The van der Waals surface area contributed by atoms with Crippen LogP contribution in [0.2, 0.25) is 0 Å². The summed E-state index contributed by atoms with van der Waals surface area (Å²) in [7, 11) is 0. The monoisotopic (exact) mass is 343 g/mol. The van der Waals surface area contributed by atoms with Crippen LogP contribution in [0, 0.1) is 0 Å². The molecule has 1 aliphatic rings. The van der Waals surface area contributed by atoms with E-state index >= 15 is 0 Å². The lowest BCUT2D eigenvalue weighted by molar-refractivity contribution is 0.222. The third-order valence-corrected chi connectivity index (χ3v) is 4.33. The molecular formula is C17H25N7O. The van der Waals surface area contributed by atoms with E-state index in [-0.39, 0.29) is 6.03 Å². The number of rotatable bonds is 7. The van der Waals surface area contributed by atoms with Gasteiger partial charge in [0.1, 0.15) is 12.7 Å². The number of nitrogens with one attached hydrogen (secondary N) is 2. The molecule has 0 atom stereocenters. The smallest absolute Gasteiger partial charge is 0.315 e. The number of hydrogen-bond acceptors (Lipinski definition) is 5. The topological polar surface area (TPSA) is 88.0 Å². The Bertz CT molecular complexity index is 653. The zero-order chi connectivity index (χ0) is 17.3. The van der Waals surface area contributed by atoms with E-state index in [0.29, 0.717) is 18.9 Å². The molecule has 1 saturated heterocycles. The predicted octanol–water partition coefficient (Wildman–Crippen LogP) is 1.34. The minimum Gasteiger partial charge on any atom is -0.338 e. The molecule has 0 radical (unpaired) electrons. The van der Waals surface area contributed by atoms with Crippen molar-refractivity contribution in [3.63, 3.8) is 0 Å². The van der Waals surface area contributed by atoms with Crippen molar-refractivity contribution < 1.29 is 4.79 Å². The molecule has 0 bridgehead atoms. The molecule has 2 aromatic rings. The van der Waals surface area contributed by atoms with Crippen LogP contribution in [-0.4, -0.2) is 56.9 Å². The number of pyridine rings is 1. The number of likely N-dealkylation sites (tertiary alicyclic amines) is 1. The Hall–Kier alpha value is -2.48. The Morgan fingerprint density at radius 1 is 1.20 bits per heavy atom. The van der Waals surface area contributed by atoms with E-state index in [9.17, 15) is 4.79 Å². The second kappa shape index (κ2) is 9.12. The molecule has 0 saturated carbocycles. The van der Waals surface area contributed by atoms with Gasteiger partial charge < -0.3 is 15.5 Å². The van der Waals surface area contributed by atoms with Crippen molar-refractivity contribution in [3.8, 4) is 5.82 Å². The summed E-state index contributed by atoms with van der Waals surface area (Å²) < 4.78 is 1.59. The molecule has 0 aromatic carbocycles. The van der Waals surface area contributed by atoms with Crippen molar-refractivity contribution in [2.24, 2.45) is 0 Å². The summed E-state index contributed by atoms with van der Waals surface area (Å²) in [6, 6.07) is 3.60. The molecule has 8 nitrogen and oxygen atoms in total. The van der Waals surface area contributed by atoms with Crippen LogP contribution in [0.3, 0.4) is 0 Å². The quantitative estimate of drug-likeness (QED) is 0.741. The number of aromatic nitrogens is 4. The lowest BCUT2D eigenvalue weighted by atomic mass is 10.1. The minimum atomic E-state index is -0.160. The van der Waals surface area contributed by atoms with Gasteiger partial charge in [-0.25, -0.2) is 19.4 Å². The van der Waals surface area contributed by atoms with Gasteiger partial charge in [0, 0.05) is 24.8 Å². The van der Waals surface area contributed by atoms with Gasteiger partial charge in [-0.05, 0) is 45.0 Å². The Kier molecular flexibility index (Phi) is 6.33. The third-order valence-electron chi connectivity index (χ3n) is 4.33. The second-order valence-corrected chi connectivity index (χ2v) is 6.19. The van der Waals surface area contributed by atoms with Gasteiger partial charge in [-0.15, -0.1) is 0 Å². The van der Waals surface area contributed by atoms with Crippen LogP contribution in [0.4, 0.5) is 4.79 Å². The normalized spacial score (nSPS) is 15.0. The van der Waals surface area contributed by atoms with E-state index in [0.717, 1.165) is 18.5 Å². The van der Waals surface area contributed by atoms with Gasteiger partial charge in [0.2, 0.25) is 0 Å². The highest BCUT2D eigenvalue weighted by molar-refractivity contribution is 5.73. The Morgan fingerprint density at radius 3 is 2.88 bits per heavy atom. The zero-order valence-electron chi connectivity index (χ0n) is 14.4. The summed E-state index contributed by atoms with van der Waals surface area (Å²) in [5, 5.41) is 9.88. The highest BCUT2D eigenvalue weighted by Gasteiger charge is 2.10. The fraction of sp³-hybridized carbons (Fsp3) is 0.529. The molecular weight excluding hydrogens is 318 g/mol. The lowest BCUT2D eigenvalue weighted by Crippen LogP contribution is -2.37. The van der Waals surface area contributed by atoms with Gasteiger partial charge in [0.05, 0.1) is 0 Å². The molecule has 1 aliphatic heterocycles. The van der Waals surface area contributed by atoms with Crippen molar-refractivity contribution in [1.29, 1.82) is 0 Å². The fourth-order valence-corrected chi connectivity index (χ4v) is 3.02. The first kappa shape index (κ1) is 17.3. The molecule has 134 valence electrons. The van der Waals surface area contributed by atoms with E-state index in [1.807, 2.05) is 12.1 Å². The molecule has 0 aliphatic carbocycles. The van der Waals surface area contributed by atoms with Crippen molar-refractivity contribution in [3.05, 3.63) is 36.5 Å². The molecule has 0 unspecified atom stereocenters. The van der Waals surface area contributed by atoms with Gasteiger partial charge >= 0.3 is 6.03 Å². The molecule has 2 N–H and O–H groups in total. The van der Waals surface area contributed by atoms with Crippen LogP contribution in [-0.2, 0) is 6.54 Å². The van der Waals surface area contributed by atoms with E-state index < -0.39 is 0 Å². The Balaban J connectivity index is 1.39. The first-order valence-electron chi connectivity index (χ1n) is 8.86. The molecule has 8 heteroatoms. The highest BCUT2D eigenvalue weighted by Crippen LogP contribution is 2.09. The molecule has 2 aromatic heterocycles. The molecule has 0 spiro atoms. The van der Waals surface area contributed by atoms with Crippen LogP contribution in [0.25, 0.3) is 5.82 Å². The van der Waals surface area contributed by atoms with E-state index in [1.165, 1.54) is 38.7 Å². The minimum absolute atomic E-state index is 0.160. The summed E-state index contributed by atoms with van der Waals surface area (Å²) in [6.45, 7) is 4.52. The van der Waals surface area contributed by atoms with Crippen LogP contribution in [0.1, 0.15) is 31.2 Å². The van der Waals surface area contributed by atoms with Crippen molar-refractivity contribution in [2.45, 2.75) is 32.2 Å². The Morgan fingerprint density at radius 2 is 2.08 bits per heavy atom. The van der Waals surface area contributed by atoms with Gasteiger partial charge in [-0.2, -0.15) is 5.10 Å². The van der Waals surface area contributed by atoms with Crippen molar-refractivity contribution >= 4 is 6.03 Å². The molecule has 1 fully saturated rings. The van der Waals surface area contributed by atoms with Crippen LogP contribution < -0.4 is 10.6 Å². The maximum atomic E-state index is 12.0. The predicted molar refractivity (Wildman–Crippen MR) is 94.3 cm³/mol. The summed E-state index contributed by atoms with van der Waals surface area (Å²) in [5.41, 5.74) is 0.886. The number of urea groups is 1. The van der Waals surface area contributed by atoms with E-state index in [2.05, 4.69) is 30.6 Å². The first-order chi connectivity index (χ1) is 12.3. The van der Waals surface area contributed by atoms with Gasteiger partial charge in [0.15, 0.2) is 5.82 Å². The summed E-state index contributed by atoms with van der Waals surface area (Å²) in [6.07, 6.45) is 9.67. The largest absolute Gasteiger partial charge is 0.338 e. The molecule has 3 heterocycles. The average molecular weight is 343 g/mol. The fourth-order valence-electron chi connectivity index (χ4n) is 3.02. The number of nitrogens with zero attached hydrogens (tertiary/aromatic N) is 5. The maximum absolute atomic E-state index is 12.0. The van der Waals surface area contributed by atoms with Gasteiger partial charge in [-0.1, -0.05) is 12.5 Å². The number of carbonyl (C=O) groups excluding carboxylic acids is 1. The summed E-state index contributed by atoms with van der Waals surface area (Å²) in [5.74, 6) is 0.672. The first-order valence-corrected chi connectivity index (χ1v) is 8.86. The average Bonchev–Trinajstić information content (AvgIpc) is 3.19. The van der Waals surface area contributed by atoms with Gasteiger partial charge in [-0.3, -0.25) is 0 Å². The molecule has 25 heavy (non-hydrogen) atoms. The number of piperidine rings is 1. The molecule has 2 amide bonds.